The van der Waals surface area contributed by atoms with Crippen LogP contribution in [0.15, 0.2) is 48.5 Å². The lowest BCUT2D eigenvalue weighted by atomic mass is 9.95. The smallest absolute Gasteiger partial charge is 0.244 e. The maximum absolute atomic E-state index is 13.8. The molecule has 0 bridgehead atoms. The molecule has 2 aromatic rings. The van der Waals surface area contributed by atoms with Crippen LogP contribution in [0.25, 0.3) is 0 Å². The van der Waals surface area contributed by atoms with Crippen molar-refractivity contribution in [2.24, 2.45) is 0 Å². The molecule has 108 valence electrons. The molecule has 0 aliphatic carbocycles. The summed E-state index contributed by atoms with van der Waals surface area (Å²) in [6.45, 7) is 0.664. The van der Waals surface area contributed by atoms with E-state index in [1.165, 1.54) is 22.1 Å². The van der Waals surface area contributed by atoms with Crippen LogP contribution in [0.5, 0.6) is 0 Å². The minimum atomic E-state index is -0.385. The Balaban J connectivity index is 1.79. The summed E-state index contributed by atoms with van der Waals surface area (Å²) in [5, 5.41) is 3.23. The molecule has 3 nitrogen and oxygen atoms in total. The first kappa shape index (κ1) is 13.8. The van der Waals surface area contributed by atoms with E-state index >= 15 is 0 Å². The second-order valence-corrected chi connectivity index (χ2v) is 5.25. The maximum Gasteiger partial charge on any atom is 0.244 e. The van der Waals surface area contributed by atoms with E-state index < -0.39 is 0 Å². The van der Waals surface area contributed by atoms with Crippen molar-refractivity contribution in [1.29, 1.82) is 0 Å². The molecule has 1 heterocycles. The highest BCUT2D eigenvalue weighted by Gasteiger charge is 2.27. The predicted molar refractivity (Wildman–Crippen MR) is 80.6 cm³/mol. The van der Waals surface area contributed by atoms with E-state index in [4.69, 9.17) is 0 Å². The first-order valence-corrected chi connectivity index (χ1v) is 6.99. The van der Waals surface area contributed by atoms with E-state index in [0.29, 0.717) is 18.7 Å². The van der Waals surface area contributed by atoms with Gasteiger partial charge in [-0.15, -0.1) is 0 Å². The van der Waals surface area contributed by atoms with Crippen molar-refractivity contribution in [3.63, 3.8) is 0 Å². The summed E-state index contributed by atoms with van der Waals surface area (Å²) in [6, 6.07) is 14.1. The van der Waals surface area contributed by atoms with Gasteiger partial charge in [-0.3, -0.25) is 4.79 Å². The molecule has 1 N–H and O–H groups in total. The number of carbonyl (C=O) groups excluding carboxylic acids is 1. The Hall–Kier alpha value is -2.20. The van der Waals surface area contributed by atoms with Crippen molar-refractivity contribution < 1.29 is 9.18 Å². The van der Waals surface area contributed by atoms with Gasteiger partial charge in [0.2, 0.25) is 5.91 Å². The summed E-state index contributed by atoms with van der Waals surface area (Å²) in [4.78, 5) is 13.9. The number of amides is 1. The first-order chi connectivity index (χ1) is 10.2. The quantitative estimate of drug-likeness (QED) is 0.919. The summed E-state index contributed by atoms with van der Waals surface area (Å²) in [5.41, 5.74) is 2.70. The van der Waals surface area contributed by atoms with Crippen molar-refractivity contribution in [1.82, 2.24) is 5.32 Å². The lowest BCUT2D eigenvalue weighted by Crippen LogP contribution is -2.48. The van der Waals surface area contributed by atoms with Gasteiger partial charge in [0, 0.05) is 13.6 Å². The van der Waals surface area contributed by atoms with Gasteiger partial charge in [0.1, 0.15) is 5.82 Å². The molecule has 0 spiro atoms. The minimum Gasteiger partial charge on any atom is -0.311 e. The highest BCUT2D eigenvalue weighted by molar-refractivity contribution is 5.97. The summed E-state index contributed by atoms with van der Waals surface area (Å²) in [5.74, 6) is -0.501. The van der Waals surface area contributed by atoms with Gasteiger partial charge in [0.25, 0.3) is 0 Å². The van der Waals surface area contributed by atoms with Crippen LogP contribution in [0, 0.1) is 5.82 Å². The molecule has 0 saturated carbocycles. The van der Waals surface area contributed by atoms with Crippen LogP contribution in [-0.4, -0.2) is 19.0 Å². The molecular formula is C17H17FN2O. The third-order valence-electron chi connectivity index (χ3n) is 3.92. The summed E-state index contributed by atoms with van der Waals surface area (Å²) >= 11 is 0. The fourth-order valence-corrected chi connectivity index (χ4v) is 2.71. The second kappa shape index (κ2) is 5.66. The zero-order valence-corrected chi connectivity index (χ0v) is 11.8. The van der Waals surface area contributed by atoms with E-state index in [9.17, 15) is 9.18 Å². The SMILES string of the molecule is CN(C(=O)C1Cc2ccccc2CN1)c1ccccc1F. The molecule has 0 aromatic heterocycles. The lowest BCUT2D eigenvalue weighted by Gasteiger charge is -2.29. The van der Waals surface area contributed by atoms with Crippen LogP contribution in [0.2, 0.25) is 0 Å². The number of likely N-dealkylation sites (N-methyl/N-ethyl adjacent to an activating group) is 1. The Morgan fingerprint density at radius 2 is 1.81 bits per heavy atom. The average molecular weight is 284 g/mol. The Kier molecular flexibility index (Phi) is 3.71. The number of para-hydroxylation sites is 1. The zero-order valence-electron chi connectivity index (χ0n) is 11.8. The van der Waals surface area contributed by atoms with Gasteiger partial charge in [0.15, 0.2) is 0 Å². The van der Waals surface area contributed by atoms with Gasteiger partial charge < -0.3 is 10.2 Å². The van der Waals surface area contributed by atoms with Crippen LogP contribution in [-0.2, 0) is 17.8 Å². The standard InChI is InChI=1S/C17H17FN2O/c1-20(16-9-5-4-8-14(16)18)17(21)15-10-12-6-2-3-7-13(12)11-19-15/h2-9,15,19H,10-11H2,1H3. The van der Waals surface area contributed by atoms with Crippen molar-refractivity contribution in [3.8, 4) is 0 Å². The number of benzene rings is 2. The largest absolute Gasteiger partial charge is 0.311 e. The van der Waals surface area contributed by atoms with Crippen LogP contribution < -0.4 is 10.2 Å². The van der Waals surface area contributed by atoms with Gasteiger partial charge in [-0.05, 0) is 29.7 Å². The molecule has 1 aliphatic rings. The number of hydrogen-bond acceptors (Lipinski definition) is 2. The summed E-state index contributed by atoms with van der Waals surface area (Å²) in [7, 11) is 1.61. The molecule has 21 heavy (non-hydrogen) atoms. The average Bonchev–Trinajstić information content (AvgIpc) is 2.53. The van der Waals surface area contributed by atoms with Crippen LogP contribution in [0.4, 0.5) is 10.1 Å². The molecule has 1 aliphatic heterocycles. The van der Waals surface area contributed by atoms with Gasteiger partial charge in [0.05, 0.1) is 11.7 Å². The van der Waals surface area contributed by atoms with Crippen molar-refractivity contribution in [2.45, 2.75) is 19.0 Å². The van der Waals surface area contributed by atoms with Gasteiger partial charge >= 0.3 is 0 Å². The number of fused-ring (bicyclic) bond motifs is 1. The molecule has 0 saturated heterocycles. The predicted octanol–water partition coefficient (Wildman–Crippen LogP) is 2.50. The zero-order chi connectivity index (χ0) is 14.8. The highest BCUT2D eigenvalue weighted by Crippen LogP contribution is 2.21. The number of nitrogens with zero attached hydrogens (tertiary/aromatic N) is 1. The van der Waals surface area contributed by atoms with Gasteiger partial charge in [-0.1, -0.05) is 36.4 Å². The third kappa shape index (κ3) is 2.67. The van der Waals surface area contributed by atoms with Crippen LogP contribution >= 0.6 is 0 Å². The van der Waals surface area contributed by atoms with Gasteiger partial charge in [-0.25, -0.2) is 4.39 Å². The molecule has 4 heteroatoms. The molecule has 1 unspecified atom stereocenters. The van der Waals surface area contributed by atoms with E-state index in [-0.39, 0.29) is 17.8 Å². The Bertz CT molecular complexity index is 671. The number of halogens is 1. The lowest BCUT2D eigenvalue weighted by molar-refractivity contribution is -0.120. The Morgan fingerprint density at radius 3 is 2.57 bits per heavy atom. The molecule has 0 radical (unpaired) electrons. The fraction of sp³-hybridized carbons (Fsp3) is 0.235. The monoisotopic (exact) mass is 284 g/mol. The second-order valence-electron chi connectivity index (χ2n) is 5.25. The minimum absolute atomic E-state index is 0.116. The molecule has 3 rings (SSSR count). The summed E-state index contributed by atoms with van der Waals surface area (Å²) in [6.07, 6.45) is 0.633. The fourth-order valence-electron chi connectivity index (χ4n) is 2.71. The molecule has 2 aromatic carbocycles. The van der Waals surface area contributed by atoms with Gasteiger partial charge in [-0.2, -0.15) is 0 Å². The number of nitrogens with one attached hydrogen (secondary N) is 1. The highest BCUT2D eigenvalue weighted by atomic mass is 19.1. The Morgan fingerprint density at radius 1 is 1.14 bits per heavy atom. The van der Waals surface area contributed by atoms with E-state index in [0.717, 1.165) is 0 Å². The van der Waals surface area contributed by atoms with Crippen molar-refractivity contribution in [3.05, 3.63) is 65.5 Å². The van der Waals surface area contributed by atoms with Crippen molar-refractivity contribution >= 4 is 11.6 Å². The molecule has 1 atom stereocenters. The number of rotatable bonds is 2. The topological polar surface area (TPSA) is 32.3 Å². The van der Waals surface area contributed by atoms with Crippen molar-refractivity contribution in [2.75, 3.05) is 11.9 Å². The normalized spacial score (nSPS) is 17.1. The first-order valence-electron chi connectivity index (χ1n) is 6.99. The number of anilines is 1. The Labute approximate surface area is 123 Å². The number of hydrogen-bond donors (Lipinski definition) is 1. The summed E-state index contributed by atoms with van der Waals surface area (Å²) < 4.78 is 13.8. The molecule has 0 fully saturated rings. The maximum atomic E-state index is 13.8. The third-order valence-corrected chi connectivity index (χ3v) is 3.92. The van der Waals surface area contributed by atoms with E-state index in [1.807, 2.05) is 18.2 Å². The van der Waals surface area contributed by atoms with E-state index in [2.05, 4.69) is 11.4 Å². The van der Waals surface area contributed by atoms with Crippen LogP contribution in [0.3, 0.4) is 0 Å². The molecule has 1 amide bonds. The number of carbonyl (C=O) groups is 1. The van der Waals surface area contributed by atoms with Crippen LogP contribution in [0.1, 0.15) is 11.1 Å². The van der Waals surface area contributed by atoms with E-state index in [1.54, 1.807) is 25.2 Å². The molecular weight excluding hydrogens is 267 g/mol.